The monoisotopic (exact) mass is 366 g/mol. The summed E-state index contributed by atoms with van der Waals surface area (Å²) in [5, 5.41) is 3.52. The van der Waals surface area contributed by atoms with Crippen molar-refractivity contribution in [3.05, 3.63) is 52.1 Å². The van der Waals surface area contributed by atoms with Crippen LogP contribution in [0.5, 0.6) is 0 Å². The SMILES string of the molecule is CS(=O)(=O)c1ccc(NC2CCc3cc(Br)ccc32)cn1. The predicted molar refractivity (Wildman–Crippen MR) is 86.2 cm³/mol. The molecule has 1 heterocycles. The van der Waals surface area contributed by atoms with Crippen molar-refractivity contribution in [2.24, 2.45) is 0 Å². The number of aromatic nitrogens is 1. The summed E-state index contributed by atoms with van der Waals surface area (Å²) in [6.07, 6.45) is 4.81. The molecule has 1 aliphatic carbocycles. The van der Waals surface area contributed by atoms with Gasteiger partial charge in [0.25, 0.3) is 0 Å². The zero-order chi connectivity index (χ0) is 15.0. The number of anilines is 1. The molecule has 0 fully saturated rings. The Bertz CT molecular complexity index is 773. The van der Waals surface area contributed by atoms with Gasteiger partial charge in [0.15, 0.2) is 14.9 Å². The Hall–Kier alpha value is -1.40. The van der Waals surface area contributed by atoms with Crippen LogP contribution in [0, 0.1) is 0 Å². The van der Waals surface area contributed by atoms with Gasteiger partial charge in [-0.1, -0.05) is 22.0 Å². The van der Waals surface area contributed by atoms with Crippen LogP contribution in [-0.2, 0) is 16.3 Å². The lowest BCUT2D eigenvalue weighted by atomic mass is 10.1. The molecule has 1 atom stereocenters. The Morgan fingerprint density at radius 3 is 2.76 bits per heavy atom. The number of nitrogens with one attached hydrogen (secondary N) is 1. The second-order valence-corrected chi connectivity index (χ2v) is 8.11. The lowest BCUT2D eigenvalue weighted by Gasteiger charge is -2.15. The third-order valence-electron chi connectivity index (χ3n) is 3.64. The van der Waals surface area contributed by atoms with Gasteiger partial charge in [0, 0.05) is 10.7 Å². The van der Waals surface area contributed by atoms with Crippen molar-refractivity contribution in [3.63, 3.8) is 0 Å². The smallest absolute Gasteiger partial charge is 0.192 e. The topological polar surface area (TPSA) is 59.1 Å². The molecule has 0 spiro atoms. The maximum Gasteiger partial charge on any atom is 0.192 e. The molecule has 3 rings (SSSR count). The minimum absolute atomic E-state index is 0.101. The number of aryl methyl sites for hydroxylation is 1. The first-order valence-corrected chi connectivity index (χ1v) is 9.33. The molecule has 1 aromatic heterocycles. The van der Waals surface area contributed by atoms with Crippen molar-refractivity contribution in [3.8, 4) is 0 Å². The highest BCUT2D eigenvalue weighted by Gasteiger charge is 2.22. The number of hydrogen-bond donors (Lipinski definition) is 1. The first-order valence-electron chi connectivity index (χ1n) is 6.64. The molecule has 1 unspecified atom stereocenters. The Kier molecular flexibility index (Phi) is 3.75. The molecule has 0 amide bonds. The Labute approximate surface area is 132 Å². The molecule has 1 aliphatic rings. The lowest BCUT2D eigenvalue weighted by molar-refractivity contribution is 0.598. The average molecular weight is 367 g/mol. The van der Waals surface area contributed by atoms with E-state index in [1.165, 1.54) is 17.2 Å². The fourth-order valence-corrected chi connectivity index (χ4v) is 3.59. The number of halogens is 1. The molecule has 0 radical (unpaired) electrons. The molecule has 2 aromatic rings. The zero-order valence-corrected chi connectivity index (χ0v) is 13.9. The highest BCUT2D eigenvalue weighted by atomic mass is 79.9. The summed E-state index contributed by atoms with van der Waals surface area (Å²) >= 11 is 3.49. The van der Waals surface area contributed by atoms with E-state index in [-0.39, 0.29) is 11.1 Å². The van der Waals surface area contributed by atoms with Gasteiger partial charge in [0.2, 0.25) is 0 Å². The van der Waals surface area contributed by atoms with Crippen molar-refractivity contribution >= 4 is 31.5 Å². The van der Waals surface area contributed by atoms with Gasteiger partial charge < -0.3 is 5.32 Å². The standard InChI is InChI=1S/C15H15BrN2O2S/c1-21(19,20)15-7-4-12(9-17-15)18-14-6-2-10-8-11(16)3-5-13(10)14/h3-5,7-9,14,18H,2,6H2,1H3. The molecule has 0 saturated carbocycles. The Morgan fingerprint density at radius 1 is 1.29 bits per heavy atom. The van der Waals surface area contributed by atoms with E-state index in [4.69, 9.17) is 0 Å². The summed E-state index contributed by atoms with van der Waals surface area (Å²) in [5.74, 6) is 0. The summed E-state index contributed by atoms with van der Waals surface area (Å²) in [4.78, 5) is 4.00. The maximum atomic E-state index is 11.4. The number of rotatable bonds is 3. The summed E-state index contributed by atoms with van der Waals surface area (Å²) in [6, 6.07) is 9.88. The van der Waals surface area contributed by atoms with Crippen molar-refractivity contribution in [1.29, 1.82) is 0 Å². The second-order valence-electron chi connectivity index (χ2n) is 5.24. The van der Waals surface area contributed by atoms with Gasteiger partial charge in [-0.2, -0.15) is 0 Å². The third kappa shape index (κ3) is 3.11. The van der Waals surface area contributed by atoms with E-state index in [1.807, 2.05) is 6.07 Å². The first-order chi connectivity index (χ1) is 9.93. The molecule has 0 aliphatic heterocycles. The van der Waals surface area contributed by atoms with Crippen LogP contribution in [0.4, 0.5) is 5.69 Å². The van der Waals surface area contributed by atoms with Crippen LogP contribution >= 0.6 is 15.9 Å². The normalized spacial score (nSPS) is 17.5. The van der Waals surface area contributed by atoms with Crippen LogP contribution in [-0.4, -0.2) is 19.7 Å². The van der Waals surface area contributed by atoms with Crippen LogP contribution in [0.15, 0.2) is 46.0 Å². The molecular formula is C15H15BrN2O2S. The van der Waals surface area contributed by atoms with Crippen LogP contribution < -0.4 is 5.32 Å². The number of benzene rings is 1. The number of fused-ring (bicyclic) bond motifs is 1. The zero-order valence-electron chi connectivity index (χ0n) is 11.5. The summed E-state index contributed by atoms with van der Waals surface area (Å²) < 4.78 is 23.9. The summed E-state index contributed by atoms with van der Waals surface area (Å²) in [6.45, 7) is 0. The van der Waals surface area contributed by atoms with Crippen LogP contribution in [0.2, 0.25) is 0 Å². The molecule has 0 bridgehead atoms. The fraction of sp³-hybridized carbons (Fsp3) is 0.267. The van der Waals surface area contributed by atoms with Crippen molar-refractivity contribution in [1.82, 2.24) is 4.98 Å². The highest BCUT2D eigenvalue weighted by molar-refractivity contribution is 9.10. The number of nitrogens with zero attached hydrogens (tertiary/aromatic N) is 1. The van der Waals surface area contributed by atoms with Crippen LogP contribution in [0.1, 0.15) is 23.6 Å². The van der Waals surface area contributed by atoms with Gasteiger partial charge in [-0.05, 0) is 48.2 Å². The van der Waals surface area contributed by atoms with E-state index in [2.05, 4.69) is 38.4 Å². The Balaban J connectivity index is 1.80. The summed E-state index contributed by atoms with van der Waals surface area (Å²) in [7, 11) is -3.24. The molecule has 21 heavy (non-hydrogen) atoms. The predicted octanol–water partition coefficient (Wildman–Crippen LogP) is 3.35. The van der Waals surface area contributed by atoms with Gasteiger partial charge in [0.05, 0.1) is 17.9 Å². The molecule has 4 nitrogen and oxygen atoms in total. The minimum atomic E-state index is -3.24. The van der Waals surface area contributed by atoms with Gasteiger partial charge in [-0.25, -0.2) is 13.4 Å². The van der Waals surface area contributed by atoms with E-state index in [9.17, 15) is 8.42 Å². The maximum absolute atomic E-state index is 11.4. The van der Waals surface area contributed by atoms with E-state index >= 15 is 0 Å². The quantitative estimate of drug-likeness (QED) is 0.904. The Morgan fingerprint density at radius 2 is 2.10 bits per heavy atom. The van der Waals surface area contributed by atoms with Gasteiger partial charge in [-0.3, -0.25) is 0 Å². The second kappa shape index (κ2) is 5.42. The van der Waals surface area contributed by atoms with Crippen molar-refractivity contribution in [2.45, 2.75) is 23.9 Å². The van der Waals surface area contributed by atoms with Gasteiger partial charge >= 0.3 is 0 Å². The van der Waals surface area contributed by atoms with Crippen molar-refractivity contribution < 1.29 is 8.42 Å². The largest absolute Gasteiger partial charge is 0.377 e. The minimum Gasteiger partial charge on any atom is -0.377 e. The van der Waals surface area contributed by atoms with E-state index in [0.29, 0.717) is 0 Å². The molecule has 110 valence electrons. The molecular weight excluding hydrogens is 352 g/mol. The van der Waals surface area contributed by atoms with Crippen molar-refractivity contribution in [2.75, 3.05) is 11.6 Å². The number of pyridine rings is 1. The third-order valence-corrected chi connectivity index (χ3v) is 5.13. The molecule has 6 heteroatoms. The fourth-order valence-electron chi connectivity index (χ4n) is 2.62. The summed E-state index contributed by atoms with van der Waals surface area (Å²) in [5.41, 5.74) is 3.48. The first kappa shape index (κ1) is 14.5. The van der Waals surface area contributed by atoms with Crippen LogP contribution in [0.3, 0.4) is 0 Å². The molecule has 0 saturated heterocycles. The molecule has 1 N–H and O–H groups in total. The van der Waals surface area contributed by atoms with Crippen LogP contribution in [0.25, 0.3) is 0 Å². The average Bonchev–Trinajstić information content (AvgIpc) is 2.80. The van der Waals surface area contributed by atoms with E-state index in [0.717, 1.165) is 29.3 Å². The number of sulfone groups is 1. The van der Waals surface area contributed by atoms with Gasteiger partial charge in [-0.15, -0.1) is 0 Å². The lowest BCUT2D eigenvalue weighted by Crippen LogP contribution is -2.08. The van der Waals surface area contributed by atoms with Gasteiger partial charge in [0.1, 0.15) is 0 Å². The molecule has 1 aromatic carbocycles. The van der Waals surface area contributed by atoms with E-state index < -0.39 is 9.84 Å². The highest BCUT2D eigenvalue weighted by Crippen LogP contribution is 2.35. The number of hydrogen-bond acceptors (Lipinski definition) is 4. The van der Waals surface area contributed by atoms with E-state index in [1.54, 1.807) is 12.3 Å².